The van der Waals surface area contributed by atoms with Crippen molar-refractivity contribution in [1.82, 2.24) is 0 Å². The van der Waals surface area contributed by atoms with E-state index in [4.69, 9.17) is 14.2 Å². The van der Waals surface area contributed by atoms with Crippen LogP contribution in [0.3, 0.4) is 0 Å². The van der Waals surface area contributed by atoms with E-state index in [1.807, 2.05) is 0 Å². The molecule has 0 unspecified atom stereocenters. The quantitative estimate of drug-likeness (QED) is 0.258. The highest BCUT2D eigenvalue weighted by Gasteiger charge is 2.44. The highest BCUT2D eigenvalue weighted by atomic mass is 16.7. The number of carbonyl (C=O) groups excluding carboxylic acids is 1. The molecule has 7 heteroatoms. The lowest BCUT2D eigenvalue weighted by atomic mass is 9.82. The highest BCUT2D eigenvalue weighted by Crippen LogP contribution is 2.36. The second-order valence-electron chi connectivity index (χ2n) is 6.19. The maximum atomic E-state index is 12.5. The van der Waals surface area contributed by atoms with Gasteiger partial charge in [-0.15, -0.1) is 0 Å². The lowest BCUT2D eigenvalue weighted by Crippen LogP contribution is -2.45. The van der Waals surface area contributed by atoms with Gasteiger partial charge in [0.05, 0.1) is 32.0 Å². The number of rotatable bonds is 13. The summed E-state index contributed by atoms with van der Waals surface area (Å²) in [5.41, 5.74) is -0.107. The summed E-state index contributed by atoms with van der Waals surface area (Å²) >= 11 is 0. The van der Waals surface area contributed by atoms with Gasteiger partial charge < -0.3 is 29.5 Å². The second-order valence-corrected chi connectivity index (χ2v) is 6.19. The summed E-state index contributed by atoms with van der Waals surface area (Å²) in [5, 5.41) is 28.7. The van der Waals surface area contributed by atoms with E-state index < -0.39 is 37.0 Å². The van der Waals surface area contributed by atoms with Crippen molar-refractivity contribution in [1.29, 1.82) is 0 Å². The number of aliphatic hydroxyl groups excluding tert-OH is 3. The van der Waals surface area contributed by atoms with E-state index >= 15 is 0 Å². The summed E-state index contributed by atoms with van der Waals surface area (Å²) in [6, 6.07) is 0. The number of allylic oxidation sites excluding steroid dienone is 1. The molecule has 0 aromatic rings. The molecule has 0 radical (unpaired) electrons. The number of hydrogen-bond acceptors (Lipinski definition) is 7. The topological polar surface area (TPSA) is 105 Å². The van der Waals surface area contributed by atoms with Gasteiger partial charge in [0.1, 0.15) is 0 Å². The van der Waals surface area contributed by atoms with Crippen LogP contribution in [-0.2, 0) is 19.0 Å². The molecule has 0 atom stereocenters. The van der Waals surface area contributed by atoms with Crippen molar-refractivity contribution in [3.8, 4) is 0 Å². The molecule has 0 spiro atoms. The lowest BCUT2D eigenvalue weighted by Gasteiger charge is -2.38. The van der Waals surface area contributed by atoms with Crippen LogP contribution in [0.4, 0.5) is 0 Å². The molecule has 0 amide bonds. The predicted octanol–water partition coefficient (Wildman–Crippen LogP) is 1.40. The minimum atomic E-state index is -1.36. The van der Waals surface area contributed by atoms with E-state index in [1.165, 1.54) is 0 Å². The number of aliphatic hydroxyl groups is 3. The van der Waals surface area contributed by atoms with Crippen molar-refractivity contribution < 1.29 is 34.3 Å². The summed E-state index contributed by atoms with van der Waals surface area (Å²) in [5.74, 6) is -1.88. The minimum absolute atomic E-state index is 0.176. The van der Waals surface area contributed by atoms with Crippen LogP contribution in [0.1, 0.15) is 47.5 Å². The molecular weight excluding hydrogens is 328 g/mol. The summed E-state index contributed by atoms with van der Waals surface area (Å²) in [4.78, 5) is 12.5. The van der Waals surface area contributed by atoms with Crippen LogP contribution >= 0.6 is 0 Å². The molecule has 0 aliphatic rings. The van der Waals surface area contributed by atoms with Gasteiger partial charge in [-0.2, -0.15) is 0 Å². The van der Waals surface area contributed by atoms with Crippen molar-refractivity contribution in [2.45, 2.75) is 53.2 Å². The van der Waals surface area contributed by atoms with Crippen molar-refractivity contribution in [2.24, 2.45) is 5.41 Å². The molecule has 3 N–H and O–H groups in total. The standard InChI is InChI=1S/C18H34O7/c1-6-23-16(22)15(14(4)5)18(24-7-2,25-8-3)10-9-17(11-19,12-20)13-21/h19-21H,6-13H2,1-5H3. The fourth-order valence-electron chi connectivity index (χ4n) is 2.68. The molecule has 148 valence electrons. The molecule has 0 heterocycles. The van der Waals surface area contributed by atoms with E-state index in [2.05, 4.69) is 0 Å². The van der Waals surface area contributed by atoms with Gasteiger partial charge in [0.15, 0.2) is 0 Å². The van der Waals surface area contributed by atoms with E-state index in [-0.39, 0.29) is 25.0 Å². The Labute approximate surface area is 150 Å². The Morgan fingerprint density at radius 1 is 0.840 bits per heavy atom. The van der Waals surface area contributed by atoms with Gasteiger partial charge in [-0.3, -0.25) is 0 Å². The van der Waals surface area contributed by atoms with Crippen LogP contribution in [0.25, 0.3) is 0 Å². The molecule has 25 heavy (non-hydrogen) atoms. The third-order valence-corrected chi connectivity index (χ3v) is 4.11. The zero-order valence-electron chi connectivity index (χ0n) is 16.1. The van der Waals surface area contributed by atoms with Gasteiger partial charge in [-0.05, 0) is 41.0 Å². The Morgan fingerprint density at radius 2 is 1.32 bits per heavy atom. The molecule has 7 nitrogen and oxygen atoms in total. The lowest BCUT2D eigenvalue weighted by molar-refractivity contribution is -0.220. The van der Waals surface area contributed by atoms with Gasteiger partial charge in [-0.25, -0.2) is 4.79 Å². The first-order chi connectivity index (χ1) is 11.8. The molecule has 0 saturated carbocycles. The molecule has 0 fully saturated rings. The average Bonchev–Trinajstić information content (AvgIpc) is 2.57. The molecule has 0 aliphatic heterocycles. The Balaban J connectivity index is 5.92. The Hall–Kier alpha value is -0.990. The number of ether oxygens (including phenoxy) is 3. The maximum absolute atomic E-state index is 12.5. The van der Waals surface area contributed by atoms with Crippen LogP contribution in [0.2, 0.25) is 0 Å². The molecule has 0 saturated heterocycles. The summed E-state index contributed by atoms with van der Waals surface area (Å²) in [7, 11) is 0. The molecule has 0 rings (SSSR count). The first-order valence-corrected chi connectivity index (χ1v) is 8.77. The maximum Gasteiger partial charge on any atom is 0.339 e. The molecule has 0 aromatic heterocycles. The Morgan fingerprint density at radius 3 is 1.64 bits per heavy atom. The van der Waals surface area contributed by atoms with Crippen LogP contribution in [-0.4, -0.2) is 66.7 Å². The van der Waals surface area contributed by atoms with Gasteiger partial charge in [-0.1, -0.05) is 5.57 Å². The molecule has 0 aliphatic carbocycles. The summed E-state index contributed by atoms with van der Waals surface area (Å²) in [6.07, 6.45) is 0.377. The summed E-state index contributed by atoms with van der Waals surface area (Å²) in [6.45, 7) is 8.48. The third-order valence-electron chi connectivity index (χ3n) is 4.11. The predicted molar refractivity (Wildman–Crippen MR) is 93.9 cm³/mol. The first-order valence-electron chi connectivity index (χ1n) is 8.77. The largest absolute Gasteiger partial charge is 0.462 e. The highest BCUT2D eigenvalue weighted by molar-refractivity contribution is 5.91. The molecule has 0 aromatic carbocycles. The second kappa shape index (κ2) is 11.6. The fraction of sp³-hybridized carbons (Fsp3) is 0.833. The van der Waals surface area contributed by atoms with Crippen molar-refractivity contribution in [2.75, 3.05) is 39.6 Å². The zero-order chi connectivity index (χ0) is 19.5. The van der Waals surface area contributed by atoms with Gasteiger partial charge in [0.25, 0.3) is 0 Å². The minimum Gasteiger partial charge on any atom is -0.462 e. The summed E-state index contributed by atoms with van der Waals surface area (Å²) < 4.78 is 16.9. The first kappa shape index (κ1) is 24.0. The van der Waals surface area contributed by atoms with E-state index in [0.717, 1.165) is 0 Å². The Kier molecular flexibility index (Phi) is 11.1. The van der Waals surface area contributed by atoms with Crippen LogP contribution in [0.15, 0.2) is 11.1 Å². The van der Waals surface area contributed by atoms with Crippen molar-refractivity contribution in [3.05, 3.63) is 11.1 Å². The number of hydrogen-bond donors (Lipinski definition) is 3. The zero-order valence-corrected chi connectivity index (χ0v) is 16.1. The van der Waals surface area contributed by atoms with Crippen LogP contribution in [0, 0.1) is 5.41 Å². The van der Waals surface area contributed by atoms with Gasteiger partial charge >= 0.3 is 5.97 Å². The molecule has 0 bridgehead atoms. The van der Waals surface area contributed by atoms with Crippen molar-refractivity contribution >= 4 is 5.97 Å². The average molecular weight is 362 g/mol. The van der Waals surface area contributed by atoms with E-state index in [1.54, 1.807) is 34.6 Å². The van der Waals surface area contributed by atoms with E-state index in [0.29, 0.717) is 18.8 Å². The number of carbonyl (C=O) groups is 1. The van der Waals surface area contributed by atoms with Gasteiger partial charge in [0.2, 0.25) is 5.79 Å². The normalized spacial score (nSPS) is 12.2. The van der Waals surface area contributed by atoms with Gasteiger partial charge in [0, 0.05) is 25.0 Å². The van der Waals surface area contributed by atoms with E-state index in [9.17, 15) is 20.1 Å². The van der Waals surface area contributed by atoms with Crippen LogP contribution < -0.4 is 0 Å². The fourth-order valence-corrected chi connectivity index (χ4v) is 2.68. The Bertz CT molecular complexity index is 409. The van der Waals surface area contributed by atoms with Crippen LogP contribution in [0.5, 0.6) is 0 Å². The monoisotopic (exact) mass is 362 g/mol. The SMILES string of the molecule is CCOC(=O)C(=C(C)C)C(CCC(CO)(CO)CO)(OCC)OCC. The van der Waals surface area contributed by atoms with Crippen molar-refractivity contribution in [3.63, 3.8) is 0 Å². The third kappa shape index (κ3) is 6.34. The number of esters is 1. The smallest absolute Gasteiger partial charge is 0.339 e. The molecular formula is C18H34O7.